The van der Waals surface area contributed by atoms with E-state index < -0.39 is 0 Å². The molecule has 1 heterocycles. The first-order valence-corrected chi connectivity index (χ1v) is 7.42. The van der Waals surface area contributed by atoms with Crippen LogP contribution in [0.3, 0.4) is 0 Å². The van der Waals surface area contributed by atoms with Gasteiger partial charge in [-0.15, -0.1) is 10.2 Å². The fourth-order valence-corrected chi connectivity index (χ4v) is 2.37. The van der Waals surface area contributed by atoms with Crippen molar-refractivity contribution in [2.75, 3.05) is 11.9 Å². The molecule has 1 aromatic carbocycles. The fraction of sp³-hybridized carbons (Fsp3) is 0.429. The molecule has 102 valence electrons. The topological polar surface area (TPSA) is 47.0 Å². The van der Waals surface area contributed by atoms with Crippen LogP contribution in [0.1, 0.15) is 30.8 Å². The quantitative estimate of drug-likeness (QED) is 0.841. The van der Waals surface area contributed by atoms with Gasteiger partial charge in [0, 0.05) is 6.54 Å². The Balaban J connectivity index is 1.93. The third kappa shape index (κ3) is 3.92. The van der Waals surface area contributed by atoms with E-state index in [9.17, 15) is 0 Å². The number of benzene rings is 1. The number of para-hydroxylation sites is 1. The van der Waals surface area contributed by atoms with Crippen LogP contribution in [0.15, 0.2) is 24.3 Å². The Hall–Kier alpha value is -1.62. The predicted octanol–water partition coefficient (Wildman–Crippen LogP) is 3.50. The second-order valence-corrected chi connectivity index (χ2v) is 5.24. The van der Waals surface area contributed by atoms with Crippen LogP contribution < -0.4 is 10.1 Å². The third-order valence-electron chi connectivity index (χ3n) is 2.70. The highest BCUT2D eigenvalue weighted by Crippen LogP contribution is 2.21. The number of hydrogen-bond acceptors (Lipinski definition) is 5. The maximum Gasteiger partial charge on any atom is 0.205 e. The maximum absolute atomic E-state index is 5.81. The van der Waals surface area contributed by atoms with Gasteiger partial charge in [-0.1, -0.05) is 43.4 Å². The van der Waals surface area contributed by atoms with Gasteiger partial charge in [-0.3, -0.25) is 0 Å². The van der Waals surface area contributed by atoms with Crippen molar-refractivity contribution in [3.05, 3.63) is 34.8 Å². The minimum absolute atomic E-state index is 0.475. The molecule has 0 bridgehead atoms. The first-order valence-electron chi connectivity index (χ1n) is 6.60. The molecule has 0 aliphatic heterocycles. The molecule has 2 rings (SSSR count). The second kappa shape index (κ2) is 7.09. The van der Waals surface area contributed by atoms with Gasteiger partial charge in [-0.25, -0.2) is 0 Å². The van der Waals surface area contributed by atoms with Crippen molar-refractivity contribution in [3.8, 4) is 5.75 Å². The molecule has 0 radical (unpaired) electrons. The van der Waals surface area contributed by atoms with Crippen molar-refractivity contribution < 1.29 is 4.74 Å². The van der Waals surface area contributed by atoms with Gasteiger partial charge < -0.3 is 10.1 Å². The summed E-state index contributed by atoms with van der Waals surface area (Å²) in [5.41, 5.74) is 1.22. The summed E-state index contributed by atoms with van der Waals surface area (Å²) < 4.78 is 5.81. The highest BCUT2D eigenvalue weighted by Gasteiger charge is 2.06. The Morgan fingerprint density at radius 3 is 2.84 bits per heavy atom. The summed E-state index contributed by atoms with van der Waals surface area (Å²) in [5, 5.41) is 13.2. The summed E-state index contributed by atoms with van der Waals surface area (Å²) >= 11 is 1.55. The van der Waals surface area contributed by atoms with Crippen LogP contribution in [0.25, 0.3) is 0 Å². The molecule has 19 heavy (non-hydrogen) atoms. The second-order valence-electron chi connectivity index (χ2n) is 4.18. The Morgan fingerprint density at radius 2 is 2.05 bits per heavy atom. The summed E-state index contributed by atoms with van der Waals surface area (Å²) in [7, 11) is 0. The Bertz CT molecular complexity index is 513. The van der Waals surface area contributed by atoms with Gasteiger partial charge in [0.25, 0.3) is 0 Å². The number of nitrogens with one attached hydrogen (secondary N) is 1. The molecule has 5 heteroatoms. The first-order chi connectivity index (χ1) is 9.33. The molecule has 0 amide bonds. The Kier molecular flexibility index (Phi) is 5.15. The molecule has 0 saturated heterocycles. The molecule has 0 fully saturated rings. The van der Waals surface area contributed by atoms with Crippen molar-refractivity contribution in [1.82, 2.24) is 10.2 Å². The van der Waals surface area contributed by atoms with Crippen molar-refractivity contribution in [2.24, 2.45) is 0 Å². The molecule has 0 atom stereocenters. The van der Waals surface area contributed by atoms with E-state index in [1.807, 2.05) is 18.2 Å². The summed E-state index contributed by atoms with van der Waals surface area (Å²) in [5.74, 6) is 0.934. The monoisotopic (exact) mass is 277 g/mol. The van der Waals surface area contributed by atoms with Gasteiger partial charge in [0.05, 0.1) is 0 Å². The molecule has 0 unspecified atom stereocenters. The highest BCUT2D eigenvalue weighted by atomic mass is 32.1. The van der Waals surface area contributed by atoms with Gasteiger partial charge in [0.1, 0.15) is 12.4 Å². The minimum Gasteiger partial charge on any atom is -0.486 e. The number of aromatic nitrogens is 2. The molecule has 0 aliphatic rings. The minimum atomic E-state index is 0.475. The smallest absolute Gasteiger partial charge is 0.205 e. The SMILES string of the molecule is CCCNc1nnc(COc2ccccc2CC)s1. The zero-order chi connectivity index (χ0) is 13.5. The van der Waals surface area contributed by atoms with E-state index in [-0.39, 0.29) is 0 Å². The van der Waals surface area contributed by atoms with Gasteiger partial charge in [0.15, 0.2) is 5.01 Å². The molecule has 1 aromatic heterocycles. The molecule has 4 nitrogen and oxygen atoms in total. The van der Waals surface area contributed by atoms with Gasteiger partial charge >= 0.3 is 0 Å². The lowest BCUT2D eigenvalue weighted by Gasteiger charge is -2.08. The molecule has 2 aromatic rings. The maximum atomic E-state index is 5.81. The van der Waals surface area contributed by atoms with Crippen LogP contribution in [0, 0.1) is 0 Å². The lowest BCUT2D eigenvalue weighted by atomic mass is 10.1. The molecule has 0 spiro atoms. The van der Waals surface area contributed by atoms with Crippen LogP contribution in [0.2, 0.25) is 0 Å². The Labute approximate surface area is 117 Å². The molecular formula is C14H19N3OS. The summed E-state index contributed by atoms with van der Waals surface area (Å²) in [4.78, 5) is 0. The number of hydrogen-bond donors (Lipinski definition) is 1. The van der Waals surface area contributed by atoms with E-state index in [4.69, 9.17) is 4.74 Å². The van der Waals surface area contributed by atoms with Crippen LogP contribution in [-0.4, -0.2) is 16.7 Å². The third-order valence-corrected chi connectivity index (χ3v) is 3.55. The van der Waals surface area contributed by atoms with E-state index in [1.165, 1.54) is 5.56 Å². The van der Waals surface area contributed by atoms with E-state index in [2.05, 4.69) is 35.4 Å². The number of nitrogens with zero attached hydrogens (tertiary/aromatic N) is 2. The van der Waals surface area contributed by atoms with E-state index in [0.717, 1.165) is 35.3 Å². The molecule has 0 aliphatic carbocycles. The summed E-state index contributed by atoms with van der Waals surface area (Å²) in [6, 6.07) is 8.10. The summed E-state index contributed by atoms with van der Waals surface area (Å²) in [6.07, 6.45) is 2.05. The van der Waals surface area contributed by atoms with Gasteiger partial charge in [-0.05, 0) is 24.5 Å². The molecular weight excluding hydrogens is 258 g/mol. The molecule has 0 saturated carbocycles. The normalized spacial score (nSPS) is 10.4. The zero-order valence-corrected chi connectivity index (χ0v) is 12.2. The number of rotatable bonds is 7. The number of ether oxygens (including phenoxy) is 1. The van der Waals surface area contributed by atoms with E-state index in [0.29, 0.717) is 6.61 Å². The lowest BCUT2D eigenvalue weighted by molar-refractivity contribution is 0.301. The average molecular weight is 277 g/mol. The van der Waals surface area contributed by atoms with Crippen molar-refractivity contribution >= 4 is 16.5 Å². The standard InChI is InChI=1S/C14H19N3OS/c1-3-9-15-14-17-16-13(19-14)10-18-12-8-6-5-7-11(12)4-2/h5-8H,3-4,9-10H2,1-2H3,(H,15,17). The van der Waals surface area contributed by atoms with Crippen molar-refractivity contribution in [1.29, 1.82) is 0 Å². The fourth-order valence-electron chi connectivity index (χ4n) is 1.69. The van der Waals surface area contributed by atoms with Crippen LogP contribution in [-0.2, 0) is 13.0 Å². The average Bonchev–Trinajstić information content (AvgIpc) is 2.91. The highest BCUT2D eigenvalue weighted by molar-refractivity contribution is 7.15. The van der Waals surface area contributed by atoms with E-state index >= 15 is 0 Å². The predicted molar refractivity (Wildman–Crippen MR) is 78.8 cm³/mol. The van der Waals surface area contributed by atoms with Gasteiger partial charge in [0.2, 0.25) is 5.13 Å². The van der Waals surface area contributed by atoms with Gasteiger partial charge in [-0.2, -0.15) is 0 Å². The van der Waals surface area contributed by atoms with Crippen LogP contribution >= 0.6 is 11.3 Å². The largest absolute Gasteiger partial charge is 0.486 e. The van der Waals surface area contributed by atoms with Crippen molar-refractivity contribution in [2.45, 2.75) is 33.3 Å². The van der Waals surface area contributed by atoms with Crippen LogP contribution in [0.4, 0.5) is 5.13 Å². The van der Waals surface area contributed by atoms with Crippen molar-refractivity contribution in [3.63, 3.8) is 0 Å². The Morgan fingerprint density at radius 1 is 1.21 bits per heavy atom. The van der Waals surface area contributed by atoms with Crippen LogP contribution in [0.5, 0.6) is 5.75 Å². The molecule has 1 N–H and O–H groups in total. The zero-order valence-electron chi connectivity index (χ0n) is 11.3. The lowest BCUT2D eigenvalue weighted by Crippen LogP contribution is -1.98. The van der Waals surface area contributed by atoms with E-state index in [1.54, 1.807) is 11.3 Å². The number of anilines is 1. The first kappa shape index (κ1) is 13.8. The summed E-state index contributed by atoms with van der Waals surface area (Å²) in [6.45, 7) is 5.65. The number of aryl methyl sites for hydroxylation is 1.